The summed E-state index contributed by atoms with van der Waals surface area (Å²) in [5, 5.41) is 5.95. The van der Waals surface area contributed by atoms with Crippen LogP contribution < -0.4 is 10.6 Å². The number of benzene rings is 1. The number of hydrogen-bond donors (Lipinski definition) is 2. The molecule has 146 valence electrons. The minimum absolute atomic E-state index is 0.0269. The zero-order chi connectivity index (χ0) is 19.7. The van der Waals surface area contributed by atoms with Crippen molar-refractivity contribution in [3.63, 3.8) is 0 Å². The molecule has 0 atom stereocenters. The average Bonchev–Trinajstić information content (AvgIpc) is 2.57. The highest BCUT2D eigenvalue weighted by Crippen LogP contribution is 2.36. The fourth-order valence-electron chi connectivity index (χ4n) is 2.33. The second-order valence-electron chi connectivity index (χ2n) is 6.43. The Morgan fingerprint density at radius 2 is 1.96 bits per heavy atom. The van der Waals surface area contributed by atoms with E-state index >= 15 is 0 Å². The highest BCUT2D eigenvalue weighted by Gasteiger charge is 2.33. The number of alkyl halides is 3. The first-order valence-electron chi connectivity index (χ1n) is 8.80. The van der Waals surface area contributed by atoms with Crippen molar-refractivity contribution in [1.29, 1.82) is 0 Å². The zero-order valence-electron chi connectivity index (χ0n) is 16.1. The molecule has 1 aromatic rings. The fraction of sp³-hybridized carbons (Fsp3) is 0.500. The summed E-state index contributed by atoms with van der Waals surface area (Å²) in [5.74, 6) is 0.371. The van der Waals surface area contributed by atoms with Gasteiger partial charge in [-0.3, -0.25) is 0 Å². The maximum absolute atomic E-state index is 13.4. The molecule has 0 amide bonds. The van der Waals surface area contributed by atoms with Crippen LogP contribution in [-0.4, -0.2) is 13.7 Å². The molecule has 0 aliphatic carbocycles. The van der Waals surface area contributed by atoms with Gasteiger partial charge in [-0.25, -0.2) is 0 Å². The molecule has 0 radical (unpaired) electrons. The summed E-state index contributed by atoms with van der Waals surface area (Å²) < 4.78 is 45.7. The van der Waals surface area contributed by atoms with E-state index in [1.54, 1.807) is 20.0 Å². The van der Waals surface area contributed by atoms with Crippen LogP contribution in [0, 0.1) is 5.92 Å². The lowest BCUT2D eigenvalue weighted by molar-refractivity contribution is -0.136. The van der Waals surface area contributed by atoms with Crippen molar-refractivity contribution in [1.82, 2.24) is 5.32 Å². The molecule has 1 aromatic carbocycles. The van der Waals surface area contributed by atoms with Gasteiger partial charge in [0.05, 0.1) is 17.9 Å². The highest BCUT2D eigenvalue weighted by molar-refractivity contribution is 5.59. The molecule has 0 unspecified atom stereocenters. The molecule has 0 aliphatic heterocycles. The van der Waals surface area contributed by atoms with Gasteiger partial charge in [-0.05, 0) is 43.0 Å². The summed E-state index contributed by atoms with van der Waals surface area (Å²) >= 11 is 0. The lowest BCUT2D eigenvalue weighted by atomic mass is 10.1. The van der Waals surface area contributed by atoms with Crippen LogP contribution >= 0.6 is 0 Å². The van der Waals surface area contributed by atoms with E-state index in [0.29, 0.717) is 23.8 Å². The van der Waals surface area contributed by atoms with E-state index in [2.05, 4.69) is 10.6 Å². The number of halogens is 3. The van der Waals surface area contributed by atoms with Crippen LogP contribution in [0.3, 0.4) is 0 Å². The molecular formula is C20H29F3N2O. The van der Waals surface area contributed by atoms with Gasteiger partial charge in [-0.15, -0.1) is 0 Å². The summed E-state index contributed by atoms with van der Waals surface area (Å²) in [6.07, 6.45) is -0.124. The Labute approximate surface area is 154 Å². The average molecular weight is 370 g/mol. The molecule has 0 saturated carbocycles. The third-order valence-electron chi connectivity index (χ3n) is 3.73. The maximum atomic E-state index is 13.4. The molecule has 26 heavy (non-hydrogen) atoms. The monoisotopic (exact) mass is 370 g/mol. The first kappa shape index (κ1) is 22.1. The van der Waals surface area contributed by atoms with Crippen LogP contribution in [0.2, 0.25) is 0 Å². The molecule has 0 bridgehead atoms. The fourth-order valence-corrected chi connectivity index (χ4v) is 2.33. The van der Waals surface area contributed by atoms with Crippen LogP contribution in [0.15, 0.2) is 41.7 Å². The van der Waals surface area contributed by atoms with E-state index < -0.39 is 11.7 Å². The van der Waals surface area contributed by atoms with E-state index in [9.17, 15) is 13.2 Å². The Kier molecular flexibility index (Phi) is 8.72. The third kappa shape index (κ3) is 7.12. The Morgan fingerprint density at radius 3 is 2.46 bits per heavy atom. The third-order valence-corrected chi connectivity index (χ3v) is 3.73. The zero-order valence-corrected chi connectivity index (χ0v) is 16.1. The van der Waals surface area contributed by atoms with Crippen LogP contribution in [0.4, 0.5) is 18.9 Å². The summed E-state index contributed by atoms with van der Waals surface area (Å²) in [4.78, 5) is 0. The van der Waals surface area contributed by atoms with E-state index in [1.165, 1.54) is 12.1 Å². The summed E-state index contributed by atoms with van der Waals surface area (Å²) in [6, 6.07) is 4.07. The Bertz CT molecular complexity index is 628. The molecule has 0 fully saturated rings. The minimum atomic E-state index is -4.43. The Morgan fingerprint density at radius 1 is 1.27 bits per heavy atom. The van der Waals surface area contributed by atoms with E-state index in [0.717, 1.165) is 18.2 Å². The van der Waals surface area contributed by atoms with E-state index in [1.807, 2.05) is 26.8 Å². The van der Waals surface area contributed by atoms with Gasteiger partial charge < -0.3 is 15.4 Å². The van der Waals surface area contributed by atoms with Crippen molar-refractivity contribution in [2.24, 2.45) is 5.92 Å². The second kappa shape index (κ2) is 10.3. The van der Waals surface area contributed by atoms with Crippen molar-refractivity contribution in [2.75, 3.05) is 19.0 Å². The number of nitrogens with one attached hydrogen (secondary N) is 2. The summed E-state index contributed by atoms with van der Waals surface area (Å²) in [5.41, 5.74) is 1.56. The van der Waals surface area contributed by atoms with Crippen molar-refractivity contribution in [2.45, 2.75) is 46.9 Å². The van der Waals surface area contributed by atoms with Crippen LogP contribution in [0.1, 0.15) is 45.2 Å². The van der Waals surface area contributed by atoms with Gasteiger partial charge in [0.2, 0.25) is 0 Å². The topological polar surface area (TPSA) is 33.3 Å². The molecule has 2 N–H and O–H groups in total. The molecule has 0 aliphatic rings. The normalized spacial score (nSPS) is 13.3. The second-order valence-corrected chi connectivity index (χ2v) is 6.43. The number of rotatable bonds is 9. The van der Waals surface area contributed by atoms with Crippen molar-refractivity contribution in [3.05, 3.63) is 52.9 Å². The smallest absolute Gasteiger partial charge is 0.391 e. The highest BCUT2D eigenvalue weighted by atomic mass is 19.4. The van der Waals surface area contributed by atoms with Crippen molar-refractivity contribution in [3.8, 4) is 0 Å². The van der Waals surface area contributed by atoms with Gasteiger partial charge in [-0.1, -0.05) is 32.9 Å². The molecule has 3 nitrogen and oxygen atoms in total. The van der Waals surface area contributed by atoms with E-state index in [-0.39, 0.29) is 12.3 Å². The van der Waals surface area contributed by atoms with Gasteiger partial charge in [0, 0.05) is 25.0 Å². The minimum Gasteiger partial charge on any atom is -0.391 e. The van der Waals surface area contributed by atoms with Crippen molar-refractivity contribution >= 4 is 5.69 Å². The van der Waals surface area contributed by atoms with Crippen molar-refractivity contribution < 1.29 is 17.9 Å². The van der Waals surface area contributed by atoms with E-state index in [4.69, 9.17) is 4.74 Å². The predicted molar refractivity (Wildman–Crippen MR) is 101 cm³/mol. The molecule has 0 aromatic heterocycles. The molecule has 0 heterocycles. The molecule has 0 saturated heterocycles. The first-order chi connectivity index (χ1) is 12.2. The number of hydrogen-bond acceptors (Lipinski definition) is 3. The van der Waals surface area contributed by atoms with Gasteiger partial charge in [0.25, 0.3) is 0 Å². The maximum Gasteiger partial charge on any atom is 0.418 e. The van der Waals surface area contributed by atoms with Gasteiger partial charge in [0.15, 0.2) is 0 Å². The lowest BCUT2D eigenvalue weighted by Gasteiger charge is -2.17. The SMILES string of the molecule is C/C=C(\C=C(/CC)NC)Nc1cc(COCC(C)C)ccc1C(F)(F)F. The number of anilines is 1. The molecule has 1 rings (SSSR count). The van der Waals surface area contributed by atoms with Gasteiger partial charge in [0.1, 0.15) is 0 Å². The Hall–Kier alpha value is -1.95. The predicted octanol–water partition coefficient (Wildman–Crippen LogP) is 5.71. The molecule has 6 heteroatoms. The Balaban J connectivity index is 3.13. The standard InChI is InChI=1S/C20H29F3N2O/c1-6-16(24-5)11-17(7-2)25-19-10-15(13-26-12-14(3)4)8-9-18(19)20(21,22)23/h7-11,14,24-25H,6,12-13H2,1-5H3/b16-11+,17-7+. The van der Waals surface area contributed by atoms with Crippen LogP contribution in [0.25, 0.3) is 0 Å². The first-order valence-corrected chi connectivity index (χ1v) is 8.80. The summed E-state index contributed by atoms with van der Waals surface area (Å²) in [6.45, 7) is 8.65. The van der Waals surface area contributed by atoms with Gasteiger partial charge >= 0.3 is 6.18 Å². The van der Waals surface area contributed by atoms with Crippen LogP contribution in [0.5, 0.6) is 0 Å². The quantitative estimate of drug-likeness (QED) is 0.547. The van der Waals surface area contributed by atoms with Crippen LogP contribution in [-0.2, 0) is 17.5 Å². The lowest BCUT2D eigenvalue weighted by Crippen LogP contribution is -2.12. The largest absolute Gasteiger partial charge is 0.418 e. The molecule has 0 spiro atoms. The van der Waals surface area contributed by atoms with Gasteiger partial charge in [-0.2, -0.15) is 13.2 Å². The summed E-state index contributed by atoms with van der Waals surface area (Å²) in [7, 11) is 1.79. The number of ether oxygens (including phenoxy) is 1. The number of allylic oxidation sites excluding steroid dienone is 3. The molecular weight excluding hydrogens is 341 g/mol.